The Balaban J connectivity index is 2.02. The van der Waals surface area contributed by atoms with E-state index in [4.69, 9.17) is 5.11 Å². The predicted molar refractivity (Wildman–Crippen MR) is 113 cm³/mol. The van der Waals surface area contributed by atoms with Gasteiger partial charge in [-0.1, -0.05) is 58.0 Å². The third-order valence-corrected chi connectivity index (χ3v) is 6.20. The van der Waals surface area contributed by atoms with E-state index in [1.54, 1.807) is 12.1 Å². The molecule has 27 heavy (non-hydrogen) atoms. The van der Waals surface area contributed by atoms with Gasteiger partial charge in [0.05, 0.1) is 5.56 Å². The number of aromatic carboxylic acids is 1. The number of aryl methyl sites for hydroxylation is 1. The molecule has 1 aliphatic rings. The molecule has 3 rings (SSSR count). The van der Waals surface area contributed by atoms with Gasteiger partial charge in [-0.2, -0.15) is 0 Å². The molecule has 0 unspecified atom stereocenters. The Hall–Kier alpha value is -2.35. The van der Waals surface area contributed by atoms with E-state index in [0.717, 1.165) is 11.1 Å². The van der Waals surface area contributed by atoms with E-state index in [2.05, 4.69) is 58.9 Å². The Kier molecular flexibility index (Phi) is 4.80. The molecule has 0 saturated heterocycles. The molecule has 0 spiro atoms. The largest absolute Gasteiger partial charge is 0.478 e. The quantitative estimate of drug-likeness (QED) is 0.624. The fourth-order valence-electron chi connectivity index (χ4n) is 4.12. The summed E-state index contributed by atoms with van der Waals surface area (Å²) in [5.74, 6) is -0.884. The summed E-state index contributed by atoms with van der Waals surface area (Å²) >= 11 is 0. The van der Waals surface area contributed by atoms with E-state index in [-0.39, 0.29) is 10.8 Å². The average molecular weight is 363 g/mol. The third kappa shape index (κ3) is 3.71. The summed E-state index contributed by atoms with van der Waals surface area (Å²) in [7, 11) is 0. The van der Waals surface area contributed by atoms with Crippen molar-refractivity contribution < 1.29 is 9.90 Å². The molecule has 2 aromatic rings. The lowest BCUT2D eigenvalue weighted by Crippen LogP contribution is -2.33. The number of fused-ring (bicyclic) bond motifs is 1. The fourth-order valence-corrected chi connectivity index (χ4v) is 4.12. The molecule has 0 amide bonds. The highest BCUT2D eigenvalue weighted by atomic mass is 16.4. The number of carboxylic acids is 1. The summed E-state index contributed by atoms with van der Waals surface area (Å²) < 4.78 is 0. The molecule has 0 aromatic heterocycles. The van der Waals surface area contributed by atoms with Crippen LogP contribution >= 0.6 is 0 Å². The minimum atomic E-state index is -0.884. The Labute approximate surface area is 162 Å². The number of hydrogen-bond donors (Lipinski definition) is 1. The van der Waals surface area contributed by atoms with E-state index in [1.807, 2.05) is 13.0 Å². The van der Waals surface area contributed by atoms with Crippen LogP contribution in [0.5, 0.6) is 0 Å². The normalized spacial score (nSPS) is 18.1. The second-order valence-electron chi connectivity index (χ2n) is 9.23. The van der Waals surface area contributed by atoms with Gasteiger partial charge in [-0.3, -0.25) is 0 Å². The van der Waals surface area contributed by atoms with Crippen LogP contribution in [0.25, 0.3) is 11.6 Å². The van der Waals surface area contributed by atoms with Crippen molar-refractivity contribution in [3.63, 3.8) is 0 Å². The van der Waals surface area contributed by atoms with Crippen LogP contribution in [-0.2, 0) is 10.8 Å². The molecule has 0 saturated carbocycles. The first kappa shape index (κ1) is 19.4. The SMILES string of the molecule is C/C(=C/c1ccc(C(=O)O)cc1C)c1ccc2c(c1)C(C)(C)CCC2(C)C. The first-order valence-corrected chi connectivity index (χ1v) is 9.69. The standard InChI is InChI=1S/C25H30O2/c1-16(13-18-7-8-20(23(26)27)14-17(18)2)19-9-10-21-22(15-19)25(5,6)12-11-24(21,3)4/h7-10,13-15H,11-12H2,1-6H3,(H,26,27)/b16-13-. The zero-order chi connectivity index (χ0) is 20.0. The molecule has 2 heteroatoms. The summed E-state index contributed by atoms with van der Waals surface area (Å²) in [6.45, 7) is 13.5. The smallest absolute Gasteiger partial charge is 0.335 e. The van der Waals surface area contributed by atoms with Crippen molar-refractivity contribution in [2.45, 2.75) is 65.2 Å². The van der Waals surface area contributed by atoms with E-state index < -0.39 is 5.97 Å². The molecule has 0 bridgehead atoms. The van der Waals surface area contributed by atoms with Gasteiger partial charge in [0.15, 0.2) is 0 Å². The molecule has 0 heterocycles. The highest BCUT2D eigenvalue weighted by Crippen LogP contribution is 2.46. The van der Waals surface area contributed by atoms with Crippen LogP contribution in [0, 0.1) is 6.92 Å². The molecule has 142 valence electrons. The second-order valence-corrected chi connectivity index (χ2v) is 9.23. The van der Waals surface area contributed by atoms with Crippen molar-refractivity contribution in [2.75, 3.05) is 0 Å². The van der Waals surface area contributed by atoms with Crippen LogP contribution in [0.15, 0.2) is 36.4 Å². The summed E-state index contributed by atoms with van der Waals surface area (Å²) in [6, 6.07) is 12.2. The van der Waals surface area contributed by atoms with Crippen molar-refractivity contribution in [3.8, 4) is 0 Å². The molecule has 0 aliphatic heterocycles. The van der Waals surface area contributed by atoms with Crippen LogP contribution in [0.1, 0.15) is 85.6 Å². The average Bonchev–Trinajstić information content (AvgIpc) is 2.60. The van der Waals surface area contributed by atoms with Gasteiger partial charge in [-0.05, 0) is 83.0 Å². The van der Waals surface area contributed by atoms with Crippen LogP contribution < -0.4 is 0 Å². The van der Waals surface area contributed by atoms with Crippen molar-refractivity contribution in [2.24, 2.45) is 0 Å². The number of allylic oxidation sites excluding steroid dienone is 1. The minimum Gasteiger partial charge on any atom is -0.478 e. The maximum Gasteiger partial charge on any atom is 0.335 e. The van der Waals surface area contributed by atoms with E-state index in [1.165, 1.54) is 35.1 Å². The number of hydrogen-bond acceptors (Lipinski definition) is 1. The Morgan fingerprint density at radius 3 is 2.11 bits per heavy atom. The summed E-state index contributed by atoms with van der Waals surface area (Å²) in [6.07, 6.45) is 4.58. The molecule has 0 fully saturated rings. The lowest BCUT2D eigenvalue weighted by atomic mass is 9.63. The van der Waals surface area contributed by atoms with Gasteiger partial charge in [0.25, 0.3) is 0 Å². The number of rotatable bonds is 3. The topological polar surface area (TPSA) is 37.3 Å². The molecular weight excluding hydrogens is 332 g/mol. The predicted octanol–water partition coefficient (Wildman–Crippen LogP) is 6.60. The number of carboxylic acid groups (broad SMARTS) is 1. The van der Waals surface area contributed by atoms with Gasteiger partial charge in [-0.15, -0.1) is 0 Å². The highest BCUT2D eigenvalue weighted by Gasteiger charge is 2.36. The van der Waals surface area contributed by atoms with Crippen molar-refractivity contribution >= 4 is 17.6 Å². The molecule has 0 radical (unpaired) electrons. The van der Waals surface area contributed by atoms with E-state index in [0.29, 0.717) is 5.56 Å². The van der Waals surface area contributed by atoms with Crippen LogP contribution in [0.4, 0.5) is 0 Å². The molecule has 2 nitrogen and oxygen atoms in total. The zero-order valence-electron chi connectivity index (χ0n) is 17.3. The molecule has 2 aromatic carbocycles. The minimum absolute atomic E-state index is 0.195. The maximum absolute atomic E-state index is 11.1. The van der Waals surface area contributed by atoms with Crippen LogP contribution in [-0.4, -0.2) is 11.1 Å². The lowest BCUT2D eigenvalue weighted by molar-refractivity contribution is 0.0697. The fraction of sp³-hybridized carbons (Fsp3) is 0.400. The molecular formula is C25H30O2. The van der Waals surface area contributed by atoms with Gasteiger partial charge in [0, 0.05) is 0 Å². The lowest BCUT2D eigenvalue weighted by Gasteiger charge is -2.42. The maximum atomic E-state index is 11.1. The molecule has 1 N–H and O–H groups in total. The Morgan fingerprint density at radius 2 is 1.52 bits per heavy atom. The van der Waals surface area contributed by atoms with Gasteiger partial charge >= 0.3 is 5.97 Å². The van der Waals surface area contributed by atoms with Crippen molar-refractivity contribution in [1.29, 1.82) is 0 Å². The highest BCUT2D eigenvalue weighted by molar-refractivity contribution is 5.89. The third-order valence-electron chi connectivity index (χ3n) is 6.20. The van der Waals surface area contributed by atoms with Crippen LogP contribution in [0.3, 0.4) is 0 Å². The Bertz CT molecular complexity index is 929. The van der Waals surface area contributed by atoms with Gasteiger partial charge in [0.1, 0.15) is 0 Å². The summed E-state index contributed by atoms with van der Waals surface area (Å²) in [5.41, 5.74) is 8.16. The van der Waals surface area contributed by atoms with E-state index >= 15 is 0 Å². The number of benzene rings is 2. The van der Waals surface area contributed by atoms with Gasteiger partial charge < -0.3 is 5.11 Å². The summed E-state index contributed by atoms with van der Waals surface area (Å²) in [4.78, 5) is 11.1. The van der Waals surface area contributed by atoms with E-state index in [9.17, 15) is 4.79 Å². The van der Waals surface area contributed by atoms with Crippen LogP contribution in [0.2, 0.25) is 0 Å². The van der Waals surface area contributed by atoms with Gasteiger partial charge in [-0.25, -0.2) is 4.79 Å². The van der Waals surface area contributed by atoms with Crippen molar-refractivity contribution in [1.82, 2.24) is 0 Å². The monoisotopic (exact) mass is 362 g/mol. The zero-order valence-corrected chi connectivity index (χ0v) is 17.3. The van der Waals surface area contributed by atoms with Gasteiger partial charge in [0.2, 0.25) is 0 Å². The molecule has 1 aliphatic carbocycles. The first-order chi connectivity index (χ1) is 12.5. The molecule has 0 atom stereocenters. The summed E-state index contributed by atoms with van der Waals surface area (Å²) in [5, 5.41) is 9.15. The second kappa shape index (κ2) is 6.67. The first-order valence-electron chi connectivity index (χ1n) is 9.69. The number of carbonyl (C=O) groups is 1. The Morgan fingerprint density at radius 1 is 0.926 bits per heavy atom. The van der Waals surface area contributed by atoms with Crippen molar-refractivity contribution in [3.05, 3.63) is 69.8 Å².